The van der Waals surface area contributed by atoms with E-state index in [9.17, 15) is 4.21 Å². The quantitative estimate of drug-likeness (QED) is 0.526. The number of hydrogen-bond acceptors (Lipinski definition) is 5. The van der Waals surface area contributed by atoms with Gasteiger partial charge in [0, 0.05) is 24.3 Å². The van der Waals surface area contributed by atoms with Crippen molar-refractivity contribution in [3.63, 3.8) is 0 Å². The van der Waals surface area contributed by atoms with E-state index >= 15 is 0 Å². The molecule has 0 radical (unpaired) electrons. The van der Waals surface area contributed by atoms with E-state index in [1.165, 1.54) is 32.1 Å². The maximum Gasteiger partial charge on any atom is 0.266 e. The molecule has 0 aliphatic heterocycles. The summed E-state index contributed by atoms with van der Waals surface area (Å²) in [5.74, 6) is 0.765. The van der Waals surface area contributed by atoms with Gasteiger partial charge in [-0.05, 0) is 44.6 Å². The van der Waals surface area contributed by atoms with Gasteiger partial charge in [0.2, 0.25) is 0 Å². The second kappa shape index (κ2) is 11.7. The summed E-state index contributed by atoms with van der Waals surface area (Å²) in [6, 6.07) is 0. The number of unbranched alkanes of at least 4 members (excludes halogenated alkanes) is 1. The van der Waals surface area contributed by atoms with Crippen molar-refractivity contribution >= 4 is 20.2 Å². The van der Waals surface area contributed by atoms with E-state index in [0.717, 1.165) is 38.3 Å². The van der Waals surface area contributed by atoms with Gasteiger partial charge in [-0.2, -0.15) is 4.21 Å². The molecule has 22 heavy (non-hydrogen) atoms. The van der Waals surface area contributed by atoms with E-state index in [1.54, 1.807) is 0 Å². The zero-order chi connectivity index (χ0) is 16.3. The van der Waals surface area contributed by atoms with E-state index in [1.807, 2.05) is 0 Å². The average molecular weight is 354 g/mol. The predicted octanol–water partition coefficient (Wildman–Crippen LogP) is 2.88. The topological polar surface area (TPSA) is 67.8 Å². The summed E-state index contributed by atoms with van der Waals surface area (Å²) in [6.45, 7) is 4.60. The first-order chi connectivity index (χ1) is 10.5. The van der Waals surface area contributed by atoms with Gasteiger partial charge >= 0.3 is 0 Å². The molecule has 0 aromatic carbocycles. The van der Waals surface area contributed by atoms with Gasteiger partial charge in [-0.1, -0.05) is 26.2 Å². The van der Waals surface area contributed by atoms with Crippen LogP contribution in [0.2, 0.25) is 0 Å². The van der Waals surface area contributed by atoms with Crippen LogP contribution in [0.1, 0.15) is 58.3 Å². The Kier molecular flexibility index (Phi) is 10.8. The van der Waals surface area contributed by atoms with E-state index in [2.05, 4.69) is 27.6 Å². The van der Waals surface area contributed by atoms with Crippen LogP contribution in [0, 0.1) is 5.92 Å². The molecule has 1 aliphatic carbocycles. The second-order valence-corrected chi connectivity index (χ2v) is 8.28. The normalized spacial score (nSPS) is 20.6. The highest BCUT2D eigenvalue weighted by Gasteiger charge is 2.22. The molecule has 0 spiro atoms. The van der Waals surface area contributed by atoms with E-state index in [-0.39, 0.29) is 6.61 Å². The molecular weight excluding hydrogens is 322 g/mol. The van der Waals surface area contributed by atoms with Gasteiger partial charge in [-0.15, -0.1) is 0 Å². The smallest absolute Gasteiger partial charge is 0.266 e. The molecule has 2 atom stereocenters. The predicted molar refractivity (Wildman–Crippen MR) is 92.8 cm³/mol. The number of nitrogens with one attached hydrogen (secondary N) is 1. The minimum atomic E-state index is -3.48. The molecule has 5 nitrogen and oxygen atoms in total. The summed E-state index contributed by atoms with van der Waals surface area (Å²) in [4.78, 5) is 0. The lowest BCUT2D eigenvalue weighted by atomic mass is 9.84. The van der Waals surface area contributed by atoms with Crippen molar-refractivity contribution in [3.05, 3.63) is 0 Å². The zero-order valence-corrected chi connectivity index (χ0v) is 15.3. The van der Waals surface area contributed by atoms with Gasteiger partial charge in [0.05, 0.1) is 12.7 Å². The molecular formula is C15H31NO4S2. The zero-order valence-electron chi connectivity index (χ0n) is 13.6. The summed E-state index contributed by atoms with van der Waals surface area (Å²) in [5, 5.41) is 3.16. The summed E-state index contributed by atoms with van der Waals surface area (Å²) in [6.07, 6.45) is 10.4. The highest BCUT2D eigenvalue weighted by molar-refractivity contribution is 8.27. The van der Waals surface area contributed by atoms with E-state index in [0.29, 0.717) is 12.6 Å². The van der Waals surface area contributed by atoms with Gasteiger partial charge in [-0.25, -0.2) is 0 Å². The molecule has 1 unspecified atom stereocenters. The van der Waals surface area contributed by atoms with Crippen molar-refractivity contribution in [2.24, 2.45) is 5.92 Å². The lowest BCUT2D eigenvalue weighted by molar-refractivity contribution is -0.00330. The molecule has 0 bridgehead atoms. The van der Waals surface area contributed by atoms with Crippen LogP contribution in [0.25, 0.3) is 0 Å². The van der Waals surface area contributed by atoms with Gasteiger partial charge in [0.1, 0.15) is 0 Å². The number of ether oxygens (including phenoxy) is 1. The molecule has 1 saturated carbocycles. The number of hydrogen-bond donors (Lipinski definition) is 2. The Morgan fingerprint density at radius 2 is 1.95 bits per heavy atom. The fraction of sp³-hybridized carbons (Fsp3) is 1.00. The molecule has 0 amide bonds. The largest absolute Gasteiger partial charge is 0.378 e. The second-order valence-electron chi connectivity index (χ2n) is 5.92. The van der Waals surface area contributed by atoms with Crippen LogP contribution in [0.15, 0.2) is 0 Å². The average Bonchev–Trinajstić information content (AvgIpc) is 2.49. The molecule has 1 rings (SSSR count). The van der Waals surface area contributed by atoms with Crippen molar-refractivity contribution < 1.29 is 17.7 Å². The Balaban J connectivity index is 1.95. The third-order valence-corrected chi connectivity index (χ3v) is 4.92. The maximum atomic E-state index is 10.7. The third kappa shape index (κ3) is 10.1. The molecule has 0 saturated heterocycles. The third-order valence-electron chi connectivity index (χ3n) is 4.17. The maximum absolute atomic E-state index is 10.7. The Bertz CT molecular complexity index is 370. The van der Waals surface area contributed by atoms with Crippen LogP contribution in [0.3, 0.4) is 0 Å². The molecule has 0 aromatic heterocycles. The van der Waals surface area contributed by atoms with Crippen molar-refractivity contribution in [2.45, 2.75) is 64.4 Å². The highest BCUT2D eigenvalue weighted by atomic mass is 32.9. The van der Waals surface area contributed by atoms with Crippen molar-refractivity contribution in [3.8, 4) is 0 Å². The van der Waals surface area contributed by atoms with Crippen LogP contribution < -0.4 is 5.32 Å². The van der Waals surface area contributed by atoms with E-state index < -0.39 is 9.05 Å². The Labute approximate surface area is 140 Å². The Morgan fingerprint density at radius 3 is 2.59 bits per heavy atom. The summed E-state index contributed by atoms with van der Waals surface area (Å²) in [5.41, 5.74) is 0. The summed E-state index contributed by atoms with van der Waals surface area (Å²) >= 11 is 4.23. The lowest BCUT2D eigenvalue weighted by Gasteiger charge is -2.29. The van der Waals surface area contributed by atoms with Gasteiger partial charge in [0.15, 0.2) is 0 Å². The summed E-state index contributed by atoms with van der Waals surface area (Å²) in [7, 11) is -3.48. The first-order valence-electron chi connectivity index (χ1n) is 8.47. The SMILES string of the molecule is CC[C@H](OCCCCNCCOS(=O)(O)=S)C1CCCCC1. The molecule has 1 aliphatic rings. The molecule has 132 valence electrons. The highest BCUT2D eigenvalue weighted by Crippen LogP contribution is 2.29. The minimum Gasteiger partial charge on any atom is -0.378 e. The van der Waals surface area contributed by atoms with Crippen molar-refractivity contribution in [2.75, 3.05) is 26.3 Å². The fourth-order valence-electron chi connectivity index (χ4n) is 3.02. The van der Waals surface area contributed by atoms with Crippen molar-refractivity contribution in [1.29, 1.82) is 0 Å². The molecule has 0 aromatic rings. The Hall–Kier alpha value is 0.210. The van der Waals surface area contributed by atoms with Crippen LogP contribution >= 0.6 is 0 Å². The minimum absolute atomic E-state index is 0.162. The molecule has 7 heteroatoms. The van der Waals surface area contributed by atoms with Crippen LogP contribution in [-0.2, 0) is 29.2 Å². The van der Waals surface area contributed by atoms with Gasteiger partial charge in [0.25, 0.3) is 9.05 Å². The Morgan fingerprint density at radius 1 is 1.23 bits per heavy atom. The first kappa shape index (κ1) is 20.3. The molecule has 2 N–H and O–H groups in total. The van der Waals surface area contributed by atoms with Crippen LogP contribution in [0.5, 0.6) is 0 Å². The van der Waals surface area contributed by atoms with Gasteiger partial charge in [-0.3, -0.25) is 8.74 Å². The molecule has 1 fully saturated rings. The lowest BCUT2D eigenvalue weighted by Crippen LogP contribution is -2.26. The number of rotatable bonds is 12. The van der Waals surface area contributed by atoms with Crippen LogP contribution in [0.4, 0.5) is 0 Å². The van der Waals surface area contributed by atoms with Crippen LogP contribution in [-0.4, -0.2) is 41.2 Å². The summed E-state index contributed by atoms with van der Waals surface area (Å²) < 4.78 is 30.1. The molecule has 0 heterocycles. The van der Waals surface area contributed by atoms with E-state index in [4.69, 9.17) is 9.29 Å². The van der Waals surface area contributed by atoms with Gasteiger partial charge < -0.3 is 10.1 Å². The monoisotopic (exact) mass is 353 g/mol. The standard InChI is InChI=1S/C15H31NO4S2/c1-2-15(14-8-4-3-5-9-14)19-12-7-6-10-16-11-13-20-22(17,18)21/h14-16H,2-13H2,1H3,(H,17,18,21)/t15-/m0/s1. The van der Waals surface area contributed by atoms with Crippen molar-refractivity contribution in [1.82, 2.24) is 5.32 Å². The first-order valence-corrected chi connectivity index (χ1v) is 10.8. The fourth-order valence-corrected chi connectivity index (χ4v) is 3.52.